The molecule has 4 nitrogen and oxygen atoms in total. The summed E-state index contributed by atoms with van der Waals surface area (Å²) in [7, 11) is 0. The maximum atomic E-state index is 13.2. The average molecular weight is 447 g/mol. The second-order valence-corrected chi connectivity index (χ2v) is 9.07. The van der Waals surface area contributed by atoms with Gasteiger partial charge in [0.2, 0.25) is 11.2 Å². The van der Waals surface area contributed by atoms with Crippen molar-refractivity contribution in [3.8, 4) is 17.1 Å². The molecule has 1 aromatic heterocycles. The monoisotopic (exact) mass is 446 g/mol. The molecule has 0 saturated heterocycles. The number of fused-ring (bicyclic) bond motifs is 1. The highest BCUT2D eigenvalue weighted by Gasteiger charge is 2.20. The van der Waals surface area contributed by atoms with Crippen LogP contribution >= 0.6 is 11.6 Å². The molecule has 0 fully saturated rings. The van der Waals surface area contributed by atoms with Crippen molar-refractivity contribution in [2.24, 2.45) is 0 Å². The van der Waals surface area contributed by atoms with Crippen molar-refractivity contribution < 1.29 is 13.9 Å². The fourth-order valence-electron chi connectivity index (χ4n) is 3.42. The van der Waals surface area contributed by atoms with Crippen LogP contribution in [0.1, 0.15) is 36.7 Å². The molecule has 0 spiro atoms. The van der Waals surface area contributed by atoms with E-state index in [4.69, 9.17) is 20.8 Å². The van der Waals surface area contributed by atoms with Gasteiger partial charge in [0.15, 0.2) is 18.2 Å². The highest BCUT2D eigenvalue weighted by atomic mass is 35.5. The van der Waals surface area contributed by atoms with Crippen molar-refractivity contribution in [3.63, 3.8) is 0 Å². The number of halogens is 1. The van der Waals surface area contributed by atoms with Crippen LogP contribution in [-0.2, 0) is 5.41 Å². The Morgan fingerprint density at radius 1 is 0.938 bits per heavy atom. The summed E-state index contributed by atoms with van der Waals surface area (Å²) in [4.78, 5) is 25.8. The molecule has 0 saturated carbocycles. The maximum absolute atomic E-state index is 13.2. The number of carbonyl (C=O) groups is 1. The molecule has 1 heterocycles. The highest BCUT2D eigenvalue weighted by Crippen LogP contribution is 2.32. The molecular formula is C27H23ClO4. The Bertz CT molecular complexity index is 1330. The van der Waals surface area contributed by atoms with Crippen molar-refractivity contribution in [1.82, 2.24) is 0 Å². The minimum absolute atomic E-state index is 0.00686. The van der Waals surface area contributed by atoms with Crippen molar-refractivity contribution >= 4 is 28.4 Å². The van der Waals surface area contributed by atoms with E-state index in [-0.39, 0.29) is 29.0 Å². The zero-order valence-corrected chi connectivity index (χ0v) is 18.9. The molecule has 0 aliphatic heterocycles. The summed E-state index contributed by atoms with van der Waals surface area (Å²) < 4.78 is 11.9. The van der Waals surface area contributed by atoms with E-state index in [0.717, 1.165) is 5.56 Å². The zero-order valence-electron chi connectivity index (χ0n) is 18.1. The van der Waals surface area contributed by atoms with Gasteiger partial charge >= 0.3 is 0 Å². The normalized spacial score (nSPS) is 11.5. The minimum atomic E-state index is -0.314. The number of ketones is 1. The van der Waals surface area contributed by atoms with E-state index in [1.54, 1.807) is 42.5 Å². The first-order valence-corrected chi connectivity index (χ1v) is 10.7. The van der Waals surface area contributed by atoms with Gasteiger partial charge in [-0.15, -0.1) is 0 Å². The topological polar surface area (TPSA) is 56.5 Å². The highest BCUT2D eigenvalue weighted by molar-refractivity contribution is 6.30. The second-order valence-electron chi connectivity index (χ2n) is 8.63. The van der Waals surface area contributed by atoms with E-state index in [0.29, 0.717) is 32.9 Å². The van der Waals surface area contributed by atoms with Gasteiger partial charge in [0.25, 0.3) is 0 Å². The Balaban J connectivity index is 1.75. The Morgan fingerprint density at radius 2 is 1.59 bits per heavy atom. The molecule has 0 bridgehead atoms. The van der Waals surface area contributed by atoms with Gasteiger partial charge in [-0.3, -0.25) is 9.59 Å². The molecule has 0 aliphatic rings. The minimum Gasteiger partial charge on any atom is -0.478 e. The third-order valence-electron chi connectivity index (χ3n) is 5.28. The number of para-hydroxylation sites is 1. The van der Waals surface area contributed by atoms with E-state index in [9.17, 15) is 9.59 Å². The summed E-state index contributed by atoms with van der Waals surface area (Å²) in [5.41, 5.74) is 2.46. The molecule has 32 heavy (non-hydrogen) atoms. The molecule has 0 atom stereocenters. The first kappa shape index (κ1) is 21.8. The van der Waals surface area contributed by atoms with Gasteiger partial charge in [0, 0.05) is 16.1 Å². The van der Waals surface area contributed by atoms with Gasteiger partial charge in [-0.25, -0.2) is 0 Å². The fraction of sp³-hybridized carbons (Fsp3) is 0.185. The van der Waals surface area contributed by atoms with Gasteiger partial charge < -0.3 is 9.15 Å². The summed E-state index contributed by atoms with van der Waals surface area (Å²) in [6, 6.07) is 21.4. The molecule has 162 valence electrons. The van der Waals surface area contributed by atoms with Crippen LogP contribution in [0.4, 0.5) is 0 Å². The van der Waals surface area contributed by atoms with Crippen LogP contribution in [0.3, 0.4) is 0 Å². The van der Waals surface area contributed by atoms with Crippen molar-refractivity contribution in [2.75, 3.05) is 6.61 Å². The number of hydrogen-bond acceptors (Lipinski definition) is 4. The second kappa shape index (κ2) is 8.64. The zero-order chi connectivity index (χ0) is 22.9. The lowest BCUT2D eigenvalue weighted by Gasteiger charge is -2.19. The summed E-state index contributed by atoms with van der Waals surface area (Å²) in [6.07, 6.45) is 0. The van der Waals surface area contributed by atoms with E-state index < -0.39 is 0 Å². The van der Waals surface area contributed by atoms with Crippen LogP contribution in [0.2, 0.25) is 5.02 Å². The summed E-state index contributed by atoms with van der Waals surface area (Å²) in [6.45, 7) is 6.11. The van der Waals surface area contributed by atoms with Gasteiger partial charge in [-0.05, 0) is 47.4 Å². The van der Waals surface area contributed by atoms with Crippen LogP contribution in [-0.4, -0.2) is 12.4 Å². The summed E-state index contributed by atoms with van der Waals surface area (Å²) in [5, 5.41) is 0.940. The van der Waals surface area contributed by atoms with Crippen LogP contribution < -0.4 is 10.2 Å². The van der Waals surface area contributed by atoms with Crippen LogP contribution in [0, 0.1) is 0 Å². The van der Waals surface area contributed by atoms with E-state index >= 15 is 0 Å². The van der Waals surface area contributed by atoms with E-state index in [1.807, 2.05) is 30.3 Å². The summed E-state index contributed by atoms with van der Waals surface area (Å²) in [5.74, 6) is 0.0656. The third-order valence-corrected chi connectivity index (χ3v) is 5.54. The molecule has 0 amide bonds. The lowest BCUT2D eigenvalue weighted by molar-refractivity contribution is 0.0920. The van der Waals surface area contributed by atoms with Gasteiger partial charge in [0.05, 0.1) is 5.39 Å². The number of benzene rings is 3. The predicted molar refractivity (Wildman–Crippen MR) is 128 cm³/mol. The SMILES string of the molecule is CC(C)(C)c1ccc(-c2oc3ccccc3c(=O)c2OCC(=O)c2ccc(Cl)cc2)cc1. The molecule has 0 unspecified atom stereocenters. The Hall–Kier alpha value is -3.37. The molecule has 4 rings (SSSR count). The van der Waals surface area contributed by atoms with Crippen LogP contribution in [0.5, 0.6) is 5.75 Å². The van der Waals surface area contributed by atoms with Crippen LogP contribution in [0.25, 0.3) is 22.3 Å². The van der Waals surface area contributed by atoms with E-state index in [1.165, 1.54) is 0 Å². The molecule has 0 aliphatic carbocycles. The Kier molecular flexibility index (Phi) is 5.90. The molecular weight excluding hydrogens is 424 g/mol. The third kappa shape index (κ3) is 4.46. The van der Waals surface area contributed by atoms with Crippen molar-refractivity contribution in [1.29, 1.82) is 0 Å². The van der Waals surface area contributed by atoms with Crippen molar-refractivity contribution in [3.05, 3.63) is 99.2 Å². The lowest BCUT2D eigenvalue weighted by atomic mass is 9.86. The maximum Gasteiger partial charge on any atom is 0.235 e. The van der Waals surface area contributed by atoms with Gasteiger partial charge in [-0.2, -0.15) is 0 Å². The Morgan fingerprint density at radius 3 is 2.25 bits per heavy atom. The predicted octanol–water partition coefficient (Wildman–Crippen LogP) is 6.67. The van der Waals surface area contributed by atoms with Crippen molar-refractivity contribution in [2.45, 2.75) is 26.2 Å². The number of Topliss-reactive ketones (excluding diaryl/α,β-unsaturated/α-hetero) is 1. The molecule has 0 radical (unpaired) electrons. The summed E-state index contributed by atoms with van der Waals surface area (Å²) >= 11 is 5.90. The molecule has 5 heteroatoms. The standard InChI is InChI=1S/C27H23ClO4/c1-27(2,3)19-12-8-18(9-13-19)25-26(24(30)21-6-4-5-7-23(21)32-25)31-16-22(29)17-10-14-20(28)15-11-17/h4-15H,16H2,1-3H3. The van der Waals surface area contributed by atoms with Gasteiger partial charge in [-0.1, -0.05) is 68.8 Å². The first-order valence-electron chi connectivity index (χ1n) is 10.3. The van der Waals surface area contributed by atoms with Crippen LogP contribution in [0.15, 0.2) is 82.0 Å². The molecule has 0 N–H and O–H groups in total. The largest absolute Gasteiger partial charge is 0.478 e. The Labute approximate surface area is 191 Å². The number of carbonyl (C=O) groups excluding carboxylic acids is 1. The smallest absolute Gasteiger partial charge is 0.235 e. The lowest BCUT2D eigenvalue weighted by Crippen LogP contribution is -2.17. The van der Waals surface area contributed by atoms with E-state index in [2.05, 4.69) is 20.8 Å². The number of hydrogen-bond donors (Lipinski definition) is 0. The fourth-order valence-corrected chi connectivity index (χ4v) is 3.55. The first-order chi connectivity index (χ1) is 15.2. The van der Waals surface area contributed by atoms with Gasteiger partial charge in [0.1, 0.15) is 5.58 Å². The number of rotatable bonds is 5. The average Bonchev–Trinajstić information content (AvgIpc) is 2.78. The molecule has 4 aromatic rings. The quantitative estimate of drug-likeness (QED) is 0.321. The molecule has 3 aromatic carbocycles. The number of ether oxygens (including phenoxy) is 1.